The minimum absolute atomic E-state index is 0.0982. The summed E-state index contributed by atoms with van der Waals surface area (Å²) < 4.78 is 2.21. The van der Waals surface area contributed by atoms with Crippen molar-refractivity contribution in [3.05, 3.63) is 53.6 Å². The Kier molecular flexibility index (Phi) is 3.82. The molecule has 0 bridgehead atoms. The third-order valence-electron chi connectivity index (χ3n) is 3.47. The van der Waals surface area contributed by atoms with Crippen molar-refractivity contribution in [2.45, 2.75) is 19.6 Å². The molecule has 102 valence electrons. The molecular formula is C16H17N3O. The van der Waals surface area contributed by atoms with Gasteiger partial charge in [0, 0.05) is 37.6 Å². The van der Waals surface area contributed by atoms with Crippen molar-refractivity contribution < 1.29 is 5.11 Å². The van der Waals surface area contributed by atoms with E-state index < -0.39 is 0 Å². The number of aliphatic hydroxyl groups excluding tert-OH is 1. The molecule has 0 saturated carbocycles. The fourth-order valence-corrected chi connectivity index (χ4v) is 2.51. The van der Waals surface area contributed by atoms with Gasteiger partial charge in [-0.25, -0.2) is 4.98 Å². The molecule has 0 amide bonds. The van der Waals surface area contributed by atoms with Crippen molar-refractivity contribution in [2.75, 3.05) is 13.2 Å². The van der Waals surface area contributed by atoms with E-state index in [4.69, 9.17) is 5.11 Å². The highest BCUT2D eigenvalue weighted by atomic mass is 16.2. The molecule has 0 atom stereocenters. The fraction of sp³-hybridized carbons (Fsp3) is 0.312. The Morgan fingerprint density at radius 3 is 3.15 bits per heavy atom. The molecule has 4 heteroatoms. The summed E-state index contributed by atoms with van der Waals surface area (Å²) in [6.07, 6.45) is 3.90. The fourth-order valence-electron chi connectivity index (χ4n) is 2.51. The monoisotopic (exact) mass is 267 g/mol. The molecule has 20 heavy (non-hydrogen) atoms. The van der Waals surface area contributed by atoms with Gasteiger partial charge in [0.1, 0.15) is 12.4 Å². The van der Waals surface area contributed by atoms with E-state index in [0.717, 1.165) is 37.6 Å². The summed E-state index contributed by atoms with van der Waals surface area (Å²) in [6.45, 7) is 3.73. The summed E-state index contributed by atoms with van der Waals surface area (Å²) in [6, 6.07) is 8.19. The molecule has 2 heterocycles. The SMILES string of the molecule is OCC#Cc1cccc(CN2CCn3ccnc3C2)c1. The van der Waals surface area contributed by atoms with Gasteiger partial charge in [-0.05, 0) is 17.7 Å². The van der Waals surface area contributed by atoms with Crippen LogP contribution in [0, 0.1) is 11.8 Å². The maximum atomic E-state index is 8.74. The van der Waals surface area contributed by atoms with Gasteiger partial charge < -0.3 is 9.67 Å². The first-order valence-electron chi connectivity index (χ1n) is 6.76. The number of fused-ring (bicyclic) bond motifs is 1. The van der Waals surface area contributed by atoms with Crippen LogP contribution in [0.3, 0.4) is 0 Å². The van der Waals surface area contributed by atoms with Crippen molar-refractivity contribution >= 4 is 0 Å². The van der Waals surface area contributed by atoms with E-state index in [9.17, 15) is 0 Å². The summed E-state index contributed by atoms with van der Waals surface area (Å²) in [5.74, 6) is 6.76. The van der Waals surface area contributed by atoms with Crippen molar-refractivity contribution in [3.8, 4) is 11.8 Å². The lowest BCUT2D eigenvalue weighted by molar-refractivity contribution is 0.209. The van der Waals surface area contributed by atoms with Crippen LogP contribution in [-0.2, 0) is 19.6 Å². The number of aromatic nitrogens is 2. The maximum Gasteiger partial charge on any atom is 0.122 e. The Morgan fingerprint density at radius 1 is 1.30 bits per heavy atom. The highest BCUT2D eigenvalue weighted by molar-refractivity contribution is 5.37. The average molecular weight is 267 g/mol. The lowest BCUT2D eigenvalue weighted by atomic mass is 10.1. The van der Waals surface area contributed by atoms with E-state index in [1.807, 2.05) is 24.5 Å². The number of hydrogen-bond donors (Lipinski definition) is 1. The molecule has 0 radical (unpaired) electrons. The normalized spacial score (nSPS) is 14.4. The number of rotatable bonds is 2. The standard InChI is InChI=1S/C16H17N3O/c20-10-2-5-14-3-1-4-15(11-14)12-18-8-9-19-7-6-17-16(19)13-18/h1,3-4,6-7,11,20H,8-10,12-13H2. The van der Waals surface area contributed by atoms with Crippen molar-refractivity contribution in [3.63, 3.8) is 0 Å². The van der Waals surface area contributed by atoms with Gasteiger partial charge in [-0.2, -0.15) is 0 Å². The first-order valence-corrected chi connectivity index (χ1v) is 6.76. The first kappa shape index (κ1) is 12.9. The second kappa shape index (κ2) is 5.91. The summed E-state index contributed by atoms with van der Waals surface area (Å²) in [4.78, 5) is 6.77. The third-order valence-corrected chi connectivity index (χ3v) is 3.47. The van der Waals surface area contributed by atoms with Gasteiger partial charge in [-0.3, -0.25) is 4.90 Å². The first-order chi connectivity index (χ1) is 9.85. The van der Waals surface area contributed by atoms with Gasteiger partial charge in [0.2, 0.25) is 0 Å². The summed E-state index contributed by atoms with van der Waals surface area (Å²) in [5, 5.41) is 8.74. The van der Waals surface area contributed by atoms with Gasteiger partial charge in [0.25, 0.3) is 0 Å². The molecule has 1 aliphatic heterocycles. The molecule has 1 aromatic heterocycles. The molecule has 0 unspecified atom stereocenters. The van der Waals surface area contributed by atoms with Gasteiger partial charge in [0.05, 0.1) is 6.54 Å². The summed E-state index contributed by atoms with van der Waals surface area (Å²) in [7, 11) is 0. The van der Waals surface area contributed by atoms with Crippen LogP contribution in [0.25, 0.3) is 0 Å². The van der Waals surface area contributed by atoms with E-state index >= 15 is 0 Å². The highest BCUT2D eigenvalue weighted by Gasteiger charge is 2.16. The molecule has 3 rings (SSSR count). The number of imidazole rings is 1. The molecule has 2 aromatic rings. The molecule has 4 nitrogen and oxygen atoms in total. The Morgan fingerprint density at radius 2 is 2.25 bits per heavy atom. The molecule has 0 spiro atoms. The van der Waals surface area contributed by atoms with Crippen LogP contribution >= 0.6 is 0 Å². The topological polar surface area (TPSA) is 41.3 Å². The molecule has 1 aliphatic rings. The predicted octanol–water partition coefficient (Wildman–Crippen LogP) is 1.24. The van der Waals surface area contributed by atoms with E-state index in [1.54, 1.807) is 0 Å². The third kappa shape index (κ3) is 2.90. The zero-order valence-electron chi connectivity index (χ0n) is 11.3. The number of nitrogens with zero attached hydrogens (tertiary/aromatic N) is 3. The van der Waals surface area contributed by atoms with Crippen LogP contribution in [0.2, 0.25) is 0 Å². The van der Waals surface area contributed by atoms with Crippen LogP contribution in [0.5, 0.6) is 0 Å². The molecule has 0 fully saturated rings. The Balaban J connectivity index is 1.69. The zero-order chi connectivity index (χ0) is 13.8. The molecular weight excluding hydrogens is 250 g/mol. The summed E-state index contributed by atoms with van der Waals surface area (Å²) >= 11 is 0. The maximum absolute atomic E-state index is 8.74. The average Bonchev–Trinajstić information content (AvgIpc) is 2.93. The second-order valence-electron chi connectivity index (χ2n) is 4.91. The largest absolute Gasteiger partial charge is 0.384 e. The molecule has 0 aliphatic carbocycles. The minimum atomic E-state index is -0.0982. The van der Waals surface area contributed by atoms with Crippen LogP contribution in [-0.4, -0.2) is 32.7 Å². The summed E-state index contributed by atoms with van der Waals surface area (Å²) in [5.41, 5.74) is 2.20. The van der Waals surface area contributed by atoms with Crippen molar-refractivity contribution in [1.82, 2.24) is 14.5 Å². The smallest absolute Gasteiger partial charge is 0.122 e. The zero-order valence-corrected chi connectivity index (χ0v) is 11.3. The van der Waals surface area contributed by atoms with E-state index in [-0.39, 0.29) is 6.61 Å². The van der Waals surface area contributed by atoms with Crippen LogP contribution in [0.1, 0.15) is 17.0 Å². The quantitative estimate of drug-likeness (QED) is 0.832. The lowest BCUT2D eigenvalue weighted by Gasteiger charge is -2.27. The Hall–Kier alpha value is -2.09. The number of hydrogen-bond acceptors (Lipinski definition) is 3. The second-order valence-corrected chi connectivity index (χ2v) is 4.91. The van der Waals surface area contributed by atoms with Gasteiger partial charge in [-0.1, -0.05) is 24.0 Å². The Bertz CT molecular complexity index is 651. The van der Waals surface area contributed by atoms with Gasteiger partial charge in [0.15, 0.2) is 0 Å². The Labute approximate surface area is 118 Å². The van der Waals surface area contributed by atoms with Crippen molar-refractivity contribution in [1.29, 1.82) is 0 Å². The number of benzene rings is 1. The van der Waals surface area contributed by atoms with E-state index in [0.29, 0.717) is 0 Å². The molecule has 0 saturated heterocycles. The molecule has 1 N–H and O–H groups in total. The predicted molar refractivity (Wildman–Crippen MR) is 76.7 cm³/mol. The number of aliphatic hydroxyl groups is 1. The minimum Gasteiger partial charge on any atom is -0.384 e. The van der Waals surface area contributed by atoms with E-state index in [1.165, 1.54) is 5.56 Å². The lowest BCUT2D eigenvalue weighted by Crippen LogP contribution is -2.33. The van der Waals surface area contributed by atoms with E-state index in [2.05, 4.69) is 38.4 Å². The van der Waals surface area contributed by atoms with Gasteiger partial charge in [-0.15, -0.1) is 0 Å². The van der Waals surface area contributed by atoms with Crippen LogP contribution < -0.4 is 0 Å². The highest BCUT2D eigenvalue weighted by Crippen LogP contribution is 2.14. The molecule has 1 aromatic carbocycles. The van der Waals surface area contributed by atoms with Crippen molar-refractivity contribution in [2.24, 2.45) is 0 Å². The van der Waals surface area contributed by atoms with Crippen LogP contribution in [0.15, 0.2) is 36.7 Å². The van der Waals surface area contributed by atoms with Gasteiger partial charge >= 0.3 is 0 Å². The van der Waals surface area contributed by atoms with Crippen LogP contribution in [0.4, 0.5) is 0 Å².